The van der Waals surface area contributed by atoms with Crippen molar-refractivity contribution in [1.82, 2.24) is 4.90 Å². The summed E-state index contributed by atoms with van der Waals surface area (Å²) in [5.41, 5.74) is 2.47. The minimum Gasteiger partial charge on any atom is -0.309 e. The Kier molecular flexibility index (Phi) is 4.76. The zero-order valence-electron chi connectivity index (χ0n) is 13.1. The topological polar surface area (TPSA) is 7.12 Å². The molecule has 0 radical (unpaired) electrons. The van der Waals surface area contributed by atoms with Crippen molar-refractivity contribution >= 4 is 22.7 Å². The van der Waals surface area contributed by atoms with Gasteiger partial charge in [0.05, 0.1) is 0 Å². The normalized spacial score (nSPS) is 11.2. The highest BCUT2D eigenvalue weighted by molar-refractivity contribution is 7.99. The van der Waals surface area contributed by atoms with Crippen molar-refractivity contribution < 1.29 is 4.57 Å². The summed E-state index contributed by atoms with van der Waals surface area (Å²) in [6.45, 7) is 1.08. The second-order valence-corrected chi connectivity index (χ2v) is 6.67. The first-order chi connectivity index (χ1) is 10.8. The predicted molar refractivity (Wildman–Crippen MR) is 94.8 cm³/mol. The molecule has 0 aliphatic rings. The predicted octanol–water partition coefficient (Wildman–Crippen LogP) is 3.77. The lowest BCUT2D eigenvalue weighted by molar-refractivity contribution is -0.608. The molecule has 0 aliphatic heterocycles. The third kappa shape index (κ3) is 3.32. The van der Waals surface area contributed by atoms with E-state index in [9.17, 15) is 0 Å². The Morgan fingerprint density at radius 1 is 0.864 bits per heavy atom. The van der Waals surface area contributed by atoms with Crippen molar-refractivity contribution in [1.29, 1.82) is 0 Å². The van der Waals surface area contributed by atoms with E-state index in [1.807, 2.05) is 11.8 Å². The molecule has 0 aliphatic carbocycles. The SMILES string of the molecule is CN(C)CCSc1ccc2ccccc2[n+]1-c1ccccc1. The first-order valence-electron chi connectivity index (χ1n) is 7.52. The summed E-state index contributed by atoms with van der Waals surface area (Å²) < 4.78 is 2.36. The van der Waals surface area contributed by atoms with Gasteiger partial charge in [-0.3, -0.25) is 0 Å². The third-order valence-electron chi connectivity index (χ3n) is 3.61. The second-order valence-electron chi connectivity index (χ2n) is 5.55. The molecular weight excluding hydrogens is 288 g/mol. The van der Waals surface area contributed by atoms with E-state index < -0.39 is 0 Å². The van der Waals surface area contributed by atoms with Crippen LogP contribution in [0.1, 0.15) is 0 Å². The molecule has 0 saturated heterocycles. The molecule has 2 nitrogen and oxygen atoms in total. The van der Waals surface area contributed by atoms with Crippen LogP contribution >= 0.6 is 11.8 Å². The molecule has 1 aromatic heterocycles. The highest BCUT2D eigenvalue weighted by Gasteiger charge is 2.18. The molecular formula is C19H21N2S+. The standard InChI is InChI=1S/C19H21N2S/c1-20(2)14-15-22-19-13-12-16-8-6-7-11-18(16)21(19)17-9-4-3-5-10-17/h3-13H,14-15H2,1-2H3/q+1. The van der Waals surface area contributed by atoms with Crippen molar-refractivity contribution in [2.45, 2.75) is 5.03 Å². The zero-order chi connectivity index (χ0) is 15.4. The molecule has 0 amide bonds. The van der Waals surface area contributed by atoms with Gasteiger partial charge in [-0.1, -0.05) is 42.1 Å². The minimum absolute atomic E-state index is 1.08. The minimum atomic E-state index is 1.08. The summed E-state index contributed by atoms with van der Waals surface area (Å²) >= 11 is 1.91. The Hall–Kier alpha value is -1.84. The molecule has 0 atom stereocenters. The van der Waals surface area contributed by atoms with Gasteiger partial charge in [0.2, 0.25) is 16.2 Å². The molecule has 0 fully saturated rings. The molecule has 3 aromatic rings. The van der Waals surface area contributed by atoms with E-state index in [0.29, 0.717) is 0 Å². The fourth-order valence-electron chi connectivity index (χ4n) is 2.48. The number of hydrogen-bond acceptors (Lipinski definition) is 2. The van der Waals surface area contributed by atoms with Crippen LogP contribution in [0.2, 0.25) is 0 Å². The van der Waals surface area contributed by atoms with Crippen LogP contribution < -0.4 is 4.57 Å². The monoisotopic (exact) mass is 309 g/mol. The third-order valence-corrected chi connectivity index (χ3v) is 4.61. The van der Waals surface area contributed by atoms with E-state index in [2.05, 4.69) is 90.3 Å². The van der Waals surface area contributed by atoms with Gasteiger partial charge in [-0.2, -0.15) is 0 Å². The van der Waals surface area contributed by atoms with Gasteiger partial charge in [-0.25, -0.2) is 0 Å². The average molecular weight is 309 g/mol. The van der Waals surface area contributed by atoms with Crippen LogP contribution in [-0.4, -0.2) is 31.3 Å². The van der Waals surface area contributed by atoms with Crippen molar-refractivity contribution in [3.63, 3.8) is 0 Å². The lowest BCUT2D eigenvalue weighted by atomic mass is 10.2. The summed E-state index contributed by atoms with van der Waals surface area (Å²) in [7, 11) is 4.23. The number of pyridine rings is 1. The van der Waals surface area contributed by atoms with Crippen molar-refractivity contribution in [3.05, 3.63) is 66.7 Å². The maximum Gasteiger partial charge on any atom is 0.246 e. The van der Waals surface area contributed by atoms with Gasteiger partial charge in [-0.15, -0.1) is 4.57 Å². The number of benzene rings is 2. The summed E-state index contributed by atoms with van der Waals surface area (Å²) in [5, 5.41) is 2.55. The molecule has 22 heavy (non-hydrogen) atoms. The molecule has 2 aromatic carbocycles. The lowest BCUT2D eigenvalue weighted by Gasteiger charge is -2.09. The first kappa shape index (κ1) is 15.1. The van der Waals surface area contributed by atoms with Crippen molar-refractivity contribution in [3.8, 4) is 5.69 Å². The van der Waals surface area contributed by atoms with Crippen LogP contribution in [0, 0.1) is 0 Å². The summed E-state index contributed by atoms with van der Waals surface area (Å²) in [5.74, 6) is 1.08. The fourth-order valence-corrected chi connectivity index (χ4v) is 3.64. The van der Waals surface area contributed by atoms with Gasteiger partial charge in [0.15, 0.2) is 0 Å². The second kappa shape index (κ2) is 6.95. The molecule has 3 rings (SSSR count). The van der Waals surface area contributed by atoms with Crippen molar-refractivity contribution in [2.24, 2.45) is 0 Å². The number of para-hydroxylation sites is 2. The number of fused-ring (bicyclic) bond motifs is 1. The molecule has 0 bridgehead atoms. The largest absolute Gasteiger partial charge is 0.309 e. The van der Waals surface area contributed by atoms with Crippen LogP contribution in [0.15, 0.2) is 71.8 Å². The summed E-state index contributed by atoms with van der Waals surface area (Å²) in [4.78, 5) is 2.22. The van der Waals surface area contributed by atoms with E-state index in [4.69, 9.17) is 0 Å². The lowest BCUT2D eigenvalue weighted by Crippen LogP contribution is -2.34. The Morgan fingerprint density at radius 3 is 2.36 bits per heavy atom. The first-order valence-corrected chi connectivity index (χ1v) is 8.51. The number of rotatable bonds is 5. The van der Waals surface area contributed by atoms with Gasteiger partial charge >= 0.3 is 0 Å². The van der Waals surface area contributed by atoms with Gasteiger partial charge in [-0.05, 0) is 26.2 Å². The van der Waals surface area contributed by atoms with Gasteiger partial charge < -0.3 is 4.90 Å². The Balaban J connectivity index is 2.07. The molecule has 1 heterocycles. The van der Waals surface area contributed by atoms with Crippen LogP contribution in [0.4, 0.5) is 0 Å². The van der Waals surface area contributed by atoms with E-state index in [1.165, 1.54) is 21.6 Å². The molecule has 3 heteroatoms. The zero-order valence-corrected chi connectivity index (χ0v) is 13.9. The maximum absolute atomic E-state index is 2.36. The highest BCUT2D eigenvalue weighted by atomic mass is 32.2. The molecule has 112 valence electrons. The Labute approximate surface area is 136 Å². The fraction of sp³-hybridized carbons (Fsp3) is 0.211. The number of hydrogen-bond donors (Lipinski definition) is 0. The molecule has 0 unspecified atom stereocenters. The smallest absolute Gasteiger partial charge is 0.246 e. The Bertz CT molecular complexity index is 754. The number of aromatic nitrogens is 1. The van der Waals surface area contributed by atoms with Crippen LogP contribution in [0.3, 0.4) is 0 Å². The average Bonchev–Trinajstić information content (AvgIpc) is 2.55. The van der Waals surface area contributed by atoms with E-state index in [-0.39, 0.29) is 0 Å². The van der Waals surface area contributed by atoms with Crippen LogP contribution in [0.25, 0.3) is 16.6 Å². The van der Waals surface area contributed by atoms with E-state index >= 15 is 0 Å². The summed E-state index contributed by atoms with van der Waals surface area (Å²) in [6.07, 6.45) is 0. The number of nitrogens with zero attached hydrogens (tertiary/aromatic N) is 2. The van der Waals surface area contributed by atoms with Gasteiger partial charge in [0.25, 0.3) is 0 Å². The van der Waals surface area contributed by atoms with Gasteiger partial charge in [0.1, 0.15) is 0 Å². The molecule has 0 saturated carbocycles. The summed E-state index contributed by atoms with van der Waals surface area (Å²) in [6, 6.07) is 23.6. The number of thioether (sulfide) groups is 1. The van der Waals surface area contributed by atoms with Crippen LogP contribution in [-0.2, 0) is 0 Å². The Morgan fingerprint density at radius 2 is 1.59 bits per heavy atom. The van der Waals surface area contributed by atoms with Crippen LogP contribution in [0.5, 0.6) is 0 Å². The van der Waals surface area contributed by atoms with Crippen molar-refractivity contribution in [2.75, 3.05) is 26.4 Å². The molecule has 0 N–H and O–H groups in total. The highest BCUT2D eigenvalue weighted by Crippen LogP contribution is 2.20. The van der Waals surface area contributed by atoms with E-state index in [1.54, 1.807) is 0 Å². The van der Waals surface area contributed by atoms with E-state index in [0.717, 1.165) is 12.3 Å². The quantitative estimate of drug-likeness (QED) is 0.523. The maximum atomic E-state index is 2.36. The molecule has 0 spiro atoms. The van der Waals surface area contributed by atoms with Gasteiger partial charge in [0, 0.05) is 41.9 Å².